The standard InChI is InChI=1S/C18H19F3N2O2/c1-2-15(24)22-9-12-3-5-13(6-4-12)16(25)23-10-14-7-8-17(14,11-23)18(19,20)21/h2-6,14H,1,7-11H2,(H,22,24)/t14-,17-/m0/s1. The van der Waals surface area contributed by atoms with Gasteiger partial charge < -0.3 is 10.2 Å². The van der Waals surface area contributed by atoms with Gasteiger partial charge in [-0.25, -0.2) is 0 Å². The van der Waals surface area contributed by atoms with Gasteiger partial charge in [0.15, 0.2) is 0 Å². The van der Waals surface area contributed by atoms with Crippen molar-refractivity contribution in [2.75, 3.05) is 13.1 Å². The lowest BCUT2D eigenvalue weighted by molar-refractivity contribution is -0.259. The van der Waals surface area contributed by atoms with Crippen molar-refractivity contribution in [3.8, 4) is 0 Å². The van der Waals surface area contributed by atoms with Crippen molar-refractivity contribution in [2.24, 2.45) is 11.3 Å². The van der Waals surface area contributed by atoms with Gasteiger partial charge in [0.1, 0.15) is 0 Å². The largest absolute Gasteiger partial charge is 0.396 e. The van der Waals surface area contributed by atoms with Gasteiger partial charge in [-0.3, -0.25) is 9.59 Å². The number of halogens is 3. The Morgan fingerprint density at radius 3 is 2.48 bits per heavy atom. The van der Waals surface area contributed by atoms with Crippen LogP contribution in [-0.2, 0) is 11.3 Å². The lowest BCUT2D eigenvalue weighted by Gasteiger charge is -2.44. The molecule has 0 radical (unpaired) electrons. The van der Waals surface area contributed by atoms with Crippen LogP contribution in [0.25, 0.3) is 0 Å². The van der Waals surface area contributed by atoms with Crippen LogP contribution in [0.2, 0.25) is 0 Å². The molecule has 1 aliphatic heterocycles. The summed E-state index contributed by atoms with van der Waals surface area (Å²) in [7, 11) is 0. The second-order valence-corrected chi connectivity index (χ2v) is 6.69. The summed E-state index contributed by atoms with van der Waals surface area (Å²) in [4.78, 5) is 25.0. The predicted molar refractivity (Wildman–Crippen MR) is 85.6 cm³/mol. The quantitative estimate of drug-likeness (QED) is 0.847. The number of amides is 2. The molecule has 0 spiro atoms. The molecule has 4 nitrogen and oxygen atoms in total. The summed E-state index contributed by atoms with van der Waals surface area (Å²) in [6.45, 7) is 3.56. The Hall–Kier alpha value is -2.31. The van der Waals surface area contributed by atoms with E-state index in [2.05, 4.69) is 11.9 Å². The molecule has 2 aliphatic rings. The summed E-state index contributed by atoms with van der Waals surface area (Å²) in [6, 6.07) is 6.53. The first-order valence-electron chi connectivity index (χ1n) is 8.12. The van der Waals surface area contributed by atoms with Crippen LogP contribution in [-0.4, -0.2) is 36.0 Å². The monoisotopic (exact) mass is 352 g/mol. The van der Waals surface area contributed by atoms with E-state index in [0.717, 1.165) is 11.6 Å². The minimum Gasteiger partial charge on any atom is -0.348 e. The van der Waals surface area contributed by atoms with E-state index in [0.29, 0.717) is 18.5 Å². The number of hydrogen-bond acceptors (Lipinski definition) is 2. The molecule has 7 heteroatoms. The van der Waals surface area contributed by atoms with E-state index in [9.17, 15) is 22.8 Å². The molecule has 1 heterocycles. The van der Waals surface area contributed by atoms with Crippen molar-refractivity contribution in [3.63, 3.8) is 0 Å². The smallest absolute Gasteiger partial charge is 0.348 e. The second kappa shape index (κ2) is 6.20. The minimum absolute atomic E-state index is 0.104. The van der Waals surface area contributed by atoms with Gasteiger partial charge >= 0.3 is 6.18 Å². The summed E-state index contributed by atoms with van der Waals surface area (Å²) < 4.78 is 40.0. The van der Waals surface area contributed by atoms with E-state index in [1.165, 1.54) is 4.90 Å². The summed E-state index contributed by atoms with van der Waals surface area (Å²) >= 11 is 0. The molecule has 1 saturated carbocycles. The average Bonchev–Trinajstić information content (AvgIpc) is 2.84. The molecule has 1 saturated heterocycles. The maximum absolute atomic E-state index is 13.3. The van der Waals surface area contributed by atoms with Crippen molar-refractivity contribution >= 4 is 11.8 Å². The Bertz CT molecular complexity index is 699. The van der Waals surface area contributed by atoms with Crippen LogP contribution < -0.4 is 5.32 Å². The number of likely N-dealkylation sites (tertiary alicyclic amines) is 1. The Labute approximate surface area is 143 Å². The zero-order chi connectivity index (χ0) is 18.2. The van der Waals surface area contributed by atoms with Crippen molar-refractivity contribution in [1.82, 2.24) is 10.2 Å². The zero-order valence-corrected chi connectivity index (χ0v) is 13.6. The topological polar surface area (TPSA) is 49.4 Å². The highest BCUT2D eigenvalue weighted by Gasteiger charge is 2.68. The molecule has 25 heavy (non-hydrogen) atoms. The van der Waals surface area contributed by atoms with Crippen molar-refractivity contribution in [3.05, 3.63) is 48.0 Å². The average molecular weight is 352 g/mol. The molecular weight excluding hydrogens is 333 g/mol. The number of benzene rings is 1. The number of rotatable bonds is 4. The van der Waals surface area contributed by atoms with Crippen LogP contribution in [0.5, 0.6) is 0 Å². The molecule has 2 atom stereocenters. The van der Waals surface area contributed by atoms with Crippen LogP contribution in [0, 0.1) is 11.3 Å². The van der Waals surface area contributed by atoms with E-state index in [1.54, 1.807) is 24.3 Å². The van der Waals surface area contributed by atoms with E-state index in [1.807, 2.05) is 0 Å². The molecule has 2 amide bonds. The van der Waals surface area contributed by atoms with Gasteiger partial charge in [-0.1, -0.05) is 18.7 Å². The van der Waals surface area contributed by atoms with Crippen LogP contribution in [0.3, 0.4) is 0 Å². The first-order chi connectivity index (χ1) is 11.8. The van der Waals surface area contributed by atoms with E-state index < -0.39 is 17.5 Å². The Morgan fingerprint density at radius 2 is 2.00 bits per heavy atom. The summed E-state index contributed by atoms with van der Waals surface area (Å²) in [5, 5.41) is 2.62. The van der Waals surface area contributed by atoms with E-state index >= 15 is 0 Å². The molecule has 1 N–H and O–H groups in total. The normalized spacial score (nSPS) is 25.1. The van der Waals surface area contributed by atoms with E-state index in [-0.39, 0.29) is 31.3 Å². The maximum Gasteiger partial charge on any atom is 0.396 e. The lowest BCUT2D eigenvalue weighted by Crippen LogP contribution is -2.51. The third-order valence-electron chi connectivity index (χ3n) is 5.34. The van der Waals surface area contributed by atoms with Crippen molar-refractivity contribution in [2.45, 2.75) is 25.6 Å². The van der Waals surface area contributed by atoms with Gasteiger partial charge in [0.2, 0.25) is 5.91 Å². The molecule has 0 aromatic heterocycles. The highest BCUT2D eigenvalue weighted by atomic mass is 19.4. The molecule has 1 aromatic rings. The molecular formula is C18H19F3N2O2. The third kappa shape index (κ3) is 3.03. The number of hydrogen-bond donors (Lipinski definition) is 1. The highest BCUT2D eigenvalue weighted by Crippen LogP contribution is 2.60. The zero-order valence-electron chi connectivity index (χ0n) is 13.6. The molecule has 1 aliphatic carbocycles. The minimum atomic E-state index is -4.27. The van der Waals surface area contributed by atoms with Crippen molar-refractivity contribution < 1.29 is 22.8 Å². The van der Waals surface area contributed by atoms with Crippen molar-refractivity contribution in [1.29, 1.82) is 0 Å². The number of carbonyl (C=O) groups is 2. The molecule has 134 valence electrons. The Balaban J connectivity index is 1.66. The predicted octanol–water partition coefficient (Wildman–Crippen LogP) is 2.90. The number of nitrogens with one attached hydrogen (secondary N) is 1. The van der Waals surface area contributed by atoms with Crippen LogP contribution in [0.1, 0.15) is 28.8 Å². The Kier molecular flexibility index (Phi) is 4.34. The lowest BCUT2D eigenvalue weighted by atomic mass is 9.61. The van der Waals surface area contributed by atoms with E-state index in [4.69, 9.17) is 0 Å². The van der Waals surface area contributed by atoms with Gasteiger partial charge in [-0.2, -0.15) is 13.2 Å². The molecule has 2 fully saturated rings. The summed E-state index contributed by atoms with van der Waals surface area (Å²) in [5.74, 6) is -1.16. The van der Waals surface area contributed by atoms with Crippen LogP contribution in [0.4, 0.5) is 13.2 Å². The Morgan fingerprint density at radius 1 is 1.32 bits per heavy atom. The van der Waals surface area contributed by atoms with Gasteiger partial charge in [0.25, 0.3) is 5.91 Å². The second-order valence-electron chi connectivity index (χ2n) is 6.69. The first kappa shape index (κ1) is 17.5. The fourth-order valence-electron chi connectivity index (χ4n) is 3.67. The number of nitrogens with zero attached hydrogens (tertiary/aromatic N) is 1. The fourth-order valence-corrected chi connectivity index (χ4v) is 3.67. The van der Waals surface area contributed by atoms with Gasteiger partial charge in [-0.05, 0) is 42.5 Å². The molecule has 0 unspecified atom stereocenters. The summed E-state index contributed by atoms with van der Waals surface area (Å²) in [6.07, 6.45) is -2.48. The number of alkyl halides is 3. The van der Waals surface area contributed by atoms with Gasteiger partial charge in [0.05, 0.1) is 5.41 Å². The number of fused-ring (bicyclic) bond motifs is 1. The molecule has 1 aromatic carbocycles. The van der Waals surface area contributed by atoms with Gasteiger partial charge in [0, 0.05) is 25.2 Å². The SMILES string of the molecule is C=CC(=O)NCc1ccc(C(=O)N2C[C@@H]3CC[C@]3(C(F)(F)F)C2)cc1. The van der Waals surface area contributed by atoms with Gasteiger partial charge in [-0.15, -0.1) is 0 Å². The molecule has 3 rings (SSSR count). The first-order valence-corrected chi connectivity index (χ1v) is 8.12. The van der Waals surface area contributed by atoms with Crippen LogP contribution >= 0.6 is 0 Å². The summed E-state index contributed by atoms with van der Waals surface area (Å²) in [5.41, 5.74) is -0.560. The molecule has 0 bridgehead atoms. The third-order valence-corrected chi connectivity index (χ3v) is 5.34. The highest BCUT2D eigenvalue weighted by molar-refractivity contribution is 5.94. The number of carbonyl (C=O) groups excluding carboxylic acids is 2. The maximum atomic E-state index is 13.3. The van der Waals surface area contributed by atoms with Crippen LogP contribution in [0.15, 0.2) is 36.9 Å². The fraction of sp³-hybridized carbons (Fsp3) is 0.444.